The Hall–Kier alpha value is -1.01. The van der Waals surface area contributed by atoms with E-state index in [4.69, 9.17) is 5.73 Å². The van der Waals surface area contributed by atoms with Crippen LogP contribution in [0, 0.1) is 11.6 Å². The quantitative estimate of drug-likeness (QED) is 0.798. The van der Waals surface area contributed by atoms with Crippen molar-refractivity contribution in [2.45, 2.75) is 0 Å². The Balaban J connectivity index is 2.98. The van der Waals surface area contributed by atoms with Crippen molar-refractivity contribution in [1.29, 1.82) is 0 Å². The number of carbonyl (C=O) groups is 1. The second kappa shape index (κ2) is 4.47. The van der Waals surface area contributed by atoms with Gasteiger partial charge in [0, 0.05) is 6.07 Å². The van der Waals surface area contributed by atoms with Crippen LogP contribution in [-0.2, 0) is 4.79 Å². The molecule has 1 amide bonds. The van der Waals surface area contributed by atoms with Gasteiger partial charge in [0.05, 0.1) is 16.7 Å². The maximum absolute atomic E-state index is 13.0. The van der Waals surface area contributed by atoms with Gasteiger partial charge >= 0.3 is 0 Å². The number of amides is 1. The van der Waals surface area contributed by atoms with Crippen LogP contribution in [-0.4, -0.2) is 12.5 Å². The number of rotatable bonds is 2. The molecule has 0 spiro atoms. The molecule has 1 aromatic carbocycles. The van der Waals surface area contributed by atoms with Crippen molar-refractivity contribution in [3.63, 3.8) is 0 Å². The minimum atomic E-state index is -0.840. The van der Waals surface area contributed by atoms with Gasteiger partial charge in [0.15, 0.2) is 0 Å². The topological polar surface area (TPSA) is 55.1 Å². The highest BCUT2D eigenvalue weighted by Gasteiger charge is 2.09. The predicted molar refractivity (Wildman–Crippen MR) is 51.7 cm³/mol. The molecule has 6 heteroatoms. The van der Waals surface area contributed by atoms with Gasteiger partial charge in [0.25, 0.3) is 0 Å². The van der Waals surface area contributed by atoms with Crippen LogP contribution < -0.4 is 11.1 Å². The van der Waals surface area contributed by atoms with E-state index in [1.54, 1.807) is 0 Å². The first-order valence-corrected chi connectivity index (χ1v) is 4.48. The van der Waals surface area contributed by atoms with E-state index in [2.05, 4.69) is 21.2 Å². The number of hydrogen-bond acceptors (Lipinski definition) is 2. The second-order valence-corrected chi connectivity index (χ2v) is 3.35. The van der Waals surface area contributed by atoms with E-state index in [0.29, 0.717) is 6.07 Å². The molecular weight excluding hydrogens is 258 g/mol. The lowest BCUT2D eigenvalue weighted by atomic mass is 10.3. The summed E-state index contributed by atoms with van der Waals surface area (Å²) in [5.41, 5.74) is 4.91. The maximum atomic E-state index is 13.0. The van der Waals surface area contributed by atoms with E-state index in [1.807, 2.05) is 0 Å². The first-order valence-electron chi connectivity index (χ1n) is 3.69. The first kappa shape index (κ1) is 11.1. The Morgan fingerprint density at radius 1 is 1.43 bits per heavy atom. The van der Waals surface area contributed by atoms with Crippen molar-refractivity contribution in [3.05, 3.63) is 28.2 Å². The monoisotopic (exact) mass is 264 g/mol. The third-order valence-corrected chi connectivity index (χ3v) is 2.08. The third kappa shape index (κ3) is 2.49. The third-order valence-electron chi connectivity index (χ3n) is 1.47. The van der Waals surface area contributed by atoms with Gasteiger partial charge in [-0.3, -0.25) is 4.79 Å². The Kier molecular flexibility index (Phi) is 3.54. The van der Waals surface area contributed by atoms with Gasteiger partial charge in [-0.25, -0.2) is 8.78 Å². The normalized spacial score (nSPS) is 10.0. The summed E-state index contributed by atoms with van der Waals surface area (Å²) < 4.78 is 25.8. The summed E-state index contributed by atoms with van der Waals surface area (Å²) in [6.07, 6.45) is 0. The molecule has 0 heterocycles. The van der Waals surface area contributed by atoms with Gasteiger partial charge in [0.1, 0.15) is 11.6 Å². The van der Waals surface area contributed by atoms with Gasteiger partial charge in [-0.1, -0.05) is 0 Å². The van der Waals surface area contributed by atoms with Gasteiger partial charge in [-0.05, 0) is 22.0 Å². The van der Waals surface area contributed by atoms with Crippen LogP contribution >= 0.6 is 15.9 Å². The van der Waals surface area contributed by atoms with Crippen LogP contribution in [0.25, 0.3) is 0 Å². The SMILES string of the molecule is NCC(=O)Nc1cc(Br)c(F)cc1F. The second-order valence-electron chi connectivity index (χ2n) is 2.50. The molecule has 0 saturated carbocycles. The fraction of sp³-hybridized carbons (Fsp3) is 0.125. The zero-order valence-corrected chi connectivity index (χ0v) is 8.57. The molecule has 0 unspecified atom stereocenters. The number of nitrogens with two attached hydrogens (primary N) is 1. The molecule has 3 N–H and O–H groups in total. The summed E-state index contributed by atoms with van der Waals surface area (Å²) in [4.78, 5) is 10.8. The maximum Gasteiger partial charge on any atom is 0.238 e. The highest BCUT2D eigenvalue weighted by molar-refractivity contribution is 9.10. The molecule has 0 aromatic heterocycles. The van der Waals surface area contributed by atoms with E-state index >= 15 is 0 Å². The van der Waals surface area contributed by atoms with Crippen molar-refractivity contribution in [2.75, 3.05) is 11.9 Å². The fourth-order valence-corrected chi connectivity index (χ4v) is 1.16. The van der Waals surface area contributed by atoms with Crippen LogP contribution in [0.1, 0.15) is 0 Å². The summed E-state index contributed by atoms with van der Waals surface area (Å²) in [5.74, 6) is -2.11. The minimum absolute atomic E-state index is 0.0752. The van der Waals surface area contributed by atoms with Crippen molar-refractivity contribution < 1.29 is 13.6 Å². The van der Waals surface area contributed by atoms with Crippen molar-refractivity contribution in [1.82, 2.24) is 0 Å². The summed E-state index contributed by atoms with van der Waals surface area (Å²) >= 11 is 2.87. The Morgan fingerprint density at radius 3 is 2.64 bits per heavy atom. The molecule has 0 atom stereocenters. The van der Waals surface area contributed by atoms with E-state index in [-0.39, 0.29) is 16.7 Å². The molecule has 1 aromatic rings. The van der Waals surface area contributed by atoms with Crippen molar-refractivity contribution in [3.8, 4) is 0 Å². The molecule has 0 fully saturated rings. The smallest absolute Gasteiger partial charge is 0.238 e. The summed E-state index contributed by atoms with van der Waals surface area (Å²) in [6, 6.07) is 1.81. The van der Waals surface area contributed by atoms with E-state index in [0.717, 1.165) is 6.07 Å². The van der Waals surface area contributed by atoms with Gasteiger partial charge < -0.3 is 11.1 Å². The lowest BCUT2D eigenvalue weighted by Crippen LogP contribution is -2.22. The number of anilines is 1. The van der Waals surface area contributed by atoms with Crippen LogP contribution in [0.3, 0.4) is 0 Å². The van der Waals surface area contributed by atoms with Gasteiger partial charge in [-0.2, -0.15) is 0 Å². The zero-order valence-electron chi connectivity index (χ0n) is 6.98. The average molecular weight is 265 g/mol. The number of nitrogens with one attached hydrogen (secondary N) is 1. The lowest BCUT2D eigenvalue weighted by molar-refractivity contribution is -0.114. The van der Waals surface area contributed by atoms with Crippen LogP contribution in [0.2, 0.25) is 0 Å². The molecule has 0 aliphatic heterocycles. The van der Waals surface area contributed by atoms with Crippen LogP contribution in [0.4, 0.5) is 14.5 Å². The van der Waals surface area contributed by atoms with Crippen molar-refractivity contribution in [2.24, 2.45) is 5.73 Å². The number of hydrogen-bond donors (Lipinski definition) is 2. The molecule has 0 radical (unpaired) electrons. The molecular formula is C8H7BrF2N2O. The summed E-state index contributed by atoms with van der Waals surface area (Å²) in [6.45, 7) is -0.256. The average Bonchev–Trinajstić information content (AvgIpc) is 2.14. The lowest BCUT2D eigenvalue weighted by Gasteiger charge is -2.05. The number of benzene rings is 1. The van der Waals surface area contributed by atoms with Crippen LogP contribution in [0.5, 0.6) is 0 Å². The molecule has 0 saturated heterocycles. The molecule has 76 valence electrons. The van der Waals surface area contributed by atoms with E-state index < -0.39 is 17.5 Å². The Labute approximate surface area is 87.4 Å². The zero-order chi connectivity index (χ0) is 10.7. The fourth-order valence-electron chi connectivity index (χ4n) is 0.820. The molecule has 0 aliphatic rings. The molecule has 1 rings (SSSR count). The highest BCUT2D eigenvalue weighted by atomic mass is 79.9. The van der Waals surface area contributed by atoms with Gasteiger partial charge in [0.2, 0.25) is 5.91 Å². The number of carbonyl (C=O) groups excluding carboxylic acids is 1. The predicted octanol–water partition coefficient (Wildman–Crippen LogP) is 1.62. The van der Waals surface area contributed by atoms with Crippen LogP contribution in [0.15, 0.2) is 16.6 Å². The Bertz CT molecular complexity index is 371. The Morgan fingerprint density at radius 2 is 2.07 bits per heavy atom. The number of halogens is 3. The molecule has 0 bridgehead atoms. The highest BCUT2D eigenvalue weighted by Crippen LogP contribution is 2.23. The molecule has 14 heavy (non-hydrogen) atoms. The first-order chi connectivity index (χ1) is 6.54. The van der Waals surface area contributed by atoms with E-state index in [9.17, 15) is 13.6 Å². The minimum Gasteiger partial charge on any atom is -0.322 e. The summed E-state index contributed by atoms with van der Waals surface area (Å²) in [5, 5.41) is 2.19. The van der Waals surface area contributed by atoms with E-state index in [1.165, 1.54) is 0 Å². The van der Waals surface area contributed by atoms with Crippen molar-refractivity contribution >= 4 is 27.5 Å². The largest absolute Gasteiger partial charge is 0.322 e. The summed E-state index contributed by atoms with van der Waals surface area (Å²) in [7, 11) is 0. The standard InChI is InChI=1S/C8H7BrF2N2O/c9-4-1-7(13-8(14)3-12)6(11)2-5(4)10/h1-2H,3,12H2,(H,13,14). The molecule has 0 aliphatic carbocycles. The van der Waals surface area contributed by atoms with Gasteiger partial charge in [-0.15, -0.1) is 0 Å². The molecule has 3 nitrogen and oxygen atoms in total.